The minimum absolute atomic E-state index is 0.461. The maximum Gasteiger partial charge on any atom is 0.323 e. The van der Waals surface area contributed by atoms with Crippen LogP contribution in [0.4, 0.5) is 0 Å². The Kier molecular flexibility index (Phi) is 6.02. The van der Waals surface area contributed by atoms with E-state index < -0.39 is 24.2 Å². The van der Waals surface area contributed by atoms with Crippen molar-refractivity contribution in [3.8, 4) is 5.75 Å². The molecule has 0 unspecified atom stereocenters. The third-order valence-corrected chi connectivity index (χ3v) is 3.52. The number of carbonyl (C=O) groups is 1. The van der Waals surface area contributed by atoms with Crippen molar-refractivity contribution < 1.29 is 14.3 Å². The fourth-order valence-electron chi connectivity index (χ4n) is 2.12. The average molecular weight is 334 g/mol. The Labute approximate surface area is 141 Å². The summed E-state index contributed by atoms with van der Waals surface area (Å²) in [5.74, 6) is 0.142. The maximum absolute atomic E-state index is 11.8. The quantitative estimate of drug-likeness (QED) is 0.818. The highest BCUT2D eigenvalue weighted by Gasteiger charge is 2.26. The molecule has 5 heteroatoms. The molecule has 23 heavy (non-hydrogen) atoms. The van der Waals surface area contributed by atoms with Gasteiger partial charge in [0.25, 0.3) is 0 Å². The molecule has 2 aromatic rings. The van der Waals surface area contributed by atoms with Crippen LogP contribution in [0.5, 0.6) is 5.75 Å². The first-order valence-corrected chi connectivity index (χ1v) is 7.78. The topological polar surface area (TPSA) is 61.6 Å². The molecule has 0 heterocycles. The highest BCUT2D eigenvalue weighted by Crippen LogP contribution is 2.28. The molecule has 2 rings (SSSR count). The maximum atomic E-state index is 11.8. The summed E-state index contributed by atoms with van der Waals surface area (Å²) < 4.78 is 11.4. The van der Waals surface area contributed by atoms with E-state index in [4.69, 9.17) is 26.8 Å². The molecule has 0 aliphatic heterocycles. The van der Waals surface area contributed by atoms with Crippen LogP contribution in [0, 0.1) is 0 Å². The van der Waals surface area contributed by atoms with Gasteiger partial charge < -0.3 is 15.2 Å². The average Bonchev–Trinajstić information content (AvgIpc) is 2.53. The molecule has 0 saturated heterocycles. The normalized spacial score (nSPS) is 14.6. The molecule has 0 bridgehead atoms. The van der Waals surface area contributed by atoms with Gasteiger partial charge in [0.2, 0.25) is 0 Å². The fraction of sp³-hybridized carbons (Fsp3) is 0.278. The summed E-state index contributed by atoms with van der Waals surface area (Å²) in [6.45, 7) is 3.37. The first-order chi connectivity index (χ1) is 11.0. The molecule has 0 fully saturated rings. The van der Waals surface area contributed by atoms with Crippen LogP contribution in [-0.2, 0) is 9.53 Å². The Hall–Kier alpha value is -2.04. The third kappa shape index (κ3) is 4.98. The van der Waals surface area contributed by atoms with Gasteiger partial charge in [-0.25, -0.2) is 0 Å². The Bertz CT molecular complexity index is 646. The van der Waals surface area contributed by atoms with Crippen LogP contribution in [0.3, 0.4) is 0 Å². The molecule has 0 spiro atoms. The van der Waals surface area contributed by atoms with Crippen LogP contribution in [-0.4, -0.2) is 18.1 Å². The van der Waals surface area contributed by atoms with Gasteiger partial charge in [-0.05, 0) is 37.6 Å². The van der Waals surface area contributed by atoms with Crippen molar-refractivity contribution in [2.24, 2.45) is 5.73 Å². The first-order valence-electron chi connectivity index (χ1n) is 7.40. The lowest BCUT2D eigenvalue weighted by Gasteiger charge is -2.26. The molecule has 0 aromatic heterocycles. The van der Waals surface area contributed by atoms with Gasteiger partial charge in [-0.1, -0.05) is 48.0 Å². The van der Waals surface area contributed by atoms with Crippen molar-refractivity contribution in [3.63, 3.8) is 0 Å². The molecule has 2 aromatic carbocycles. The van der Waals surface area contributed by atoms with Crippen LogP contribution in [0.1, 0.15) is 25.5 Å². The van der Waals surface area contributed by atoms with E-state index in [1.54, 1.807) is 32.0 Å². The van der Waals surface area contributed by atoms with Gasteiger partial charge >= 0.3 is 5.97 Å². The van der Waals surface area contributed by atoms with E-state index in [9.17, 15) is 4.79 Å². The zero-order valence-electron chi connectivity index (χ0n) is 13.1. The molecular weight excluding hydrogens is 314 g/mol. The second-order valence-electron chi connectivity index (χ2n) is 5.34. The summed E-state index contributed by atoms with van der Waals surface area (Å²) in [4.78, 5) is 11.8. The lowest BCUT2D eigenvalue weighted by molar-refractivity contribution is -0.154. The van der Waals surface area contributed by atoms with Crippen molar-refractivity contribution in [1.82, 2.24) is 0 Å². The number of carbonyl (C=O) groups excluding carboxylic acids is 1. The molecule has 0 saturated carbocycles. The Balaban J connectivity index is 2.23. The first kappa shape index (κ1) is 17.3. The Morgan fingerprint density at radius 3 is 2.39 bits per heavy atom. The van der Waals surface area contributed by atoms with Crippen molar-refractivity contribution in [2.45, 2.75) is 32.1 Å². The standard InChI is InChI=1S/C18H20ClNO3/c1-12(20)18(21)22-13(2)17(14-7-4-3-5-8-14)23-16-10-6-9-15(19)11-16/h3-13,17H,20H2,1-2H3/t12-,13-,17-/m0/s1. The van der Waals surface area contributed by atoms with E-state index in [2.05, 4.69) is 0 Å². The van der Waals surface area contributed by atoms with Gasteiger partial charge in [-0.3, -0.25) is 4.79 Å². The molecule has 0 radical (unpaired) electrons. The summed E-state index contributed by atoms with van der Waals surface area (Å²) in [6, 6.07) is 16.0. The molecule has 122 valence electrons. The predicted octanol–water partition coefficient (Wildman–Crippen LogP) is 3.74. The smallest absolute Gasteiger partial charge is 0.323 e. The van der Waals surface area contributed by atoms with Crippen molar-refractivity contribution in [2.75, 3.05) is 0 Å². The number of hydrogen-bond donors (Lipinski definition) is 1. The zero-order chi connectivity index (χ0) is 16.8. The number of halogens is 1. The van der Waals surface area contributed by atoms with Crippen molar-refractivity contribution >= 4 is 17.6 Å². The molecular formula is C18H20ClNO3. The zero-order valence-corrected chi connectivity index (χ0v) is 13.9. The van der Waals surface area contributed by atoms with E-state index in [0.717, 1.165) is 5.56 Å². The number of esters is 1. The summed E-state index contributed by atoms with van der Waals surface area (Å²) in [5, 5.41) is 0.578. The minimum Gasteiger partial charge on any atom is -0.482 e. The van der Waals surface area contributed by atoms with Crippen molar-refractivity contribution in [3.05, 3.63) is 65.2 Å². The number of hydrogen-bond acceptors (Lipinski definition) is 4. The summed E-state index contributed by atoms with van der Waals surface area (Å²) in [6.07, 6.45) is -0.966. The van der Waals surface area contributed by atoms with Crippen LogP contribution in [0.25, 0.3) is 0 Å². The molecule has 0 aliphatic carbocycles. The third-order valence-electron chi connectivity index (χ3n) is 3.29. The van der Waals surface area contributed by atoms with Crippen molar-refractivity contribution in [1.29, 1.82) is 0 Å². The monoisotopic (exact) mass is 333 g/mol. The van der Waals surface area contributed by atoms with E-state index in [-0.39, 0.29) is 0 Å². The highest BCUT2D eigenvalue weighted by atomic mass is 35.5. The highest BCUT2D eigenvalue weighted by molar-refractivity contribution is 6.30. The van der Waals surface area contributed by atoms with E-state index in [0.29, 0.717) is 10.8 Å². The van der Waals surface area contributed by atoms with Gasteiger partial charge in [0.1, 0.15) is 17.9 Å². The number of rotatable bonds is 6. The van der Waals surface area contributed by atoms with Gasteiger partial charge in [0.05, 0.1) is 0 Å². The van der Waals surface area contributed by atoms with E-state index in [1.165, 1.54) is 0 Å². The Morgan fingerprint density at radius 1 is 1.09 bits per heavy atom. The van der Waals surface area contributed by atoms with Gasteiger partial charge in [-0.2, -0.15) is 0 Å². The summed E-state index contributed by atoms with van der Waals surface area (Å²) in [7, 11) is 0. The van der Waals surface area contributed by atoms with Crippen LogP contribution >= 0.6 is 11.6 Å². The summed E-state index contributed by atoms with van der Waals surface area (Å²) >= 11 is 6.00. The van der Waals surface area contributed by atoms with Gasteiger partial charge in [-0.15, -0.1) is 0 Å². The second kappa shape index (κ2) is 7.99. The fourth-order valence-corrected chi connectivity index (χ4v) is 2.30. The minimum atomic E-state index is -0.681. The molecule has 2 N–H and O–H groups in total. The van der Waals surface area contributed by atoms with E-state index in [1.807, 2.05) is 36.4 Å². The van der Waals surface area contributed by atoms with Crippen LogP contribution in [0.2, 0.25) is 5.02 Å². The lowest BCUT2D eigenvalue weighted by Crippen LogP contribution is -2.34. The summed E-state index contributed by atoms with van der Waals surface area (Å²) in [5.41, 5.74) is 6.46. The number of benzene rings is 2. The molecule has 0 amide bonds. The predicted molar refractivity (Wildman–Crippen MR) is 90.5 cm³/mol. The van der Waals surface area contributed by atoms with E-state index >= 15 is 0 Å². The SMILES string of the molecule is C[C@H](N)C(=O)O[C@@H](C)[C@H](Oc1cccc(Cl)c1)c1ccccc1. The largest absolute Gasteiger partial charge is 0.482 e. The molecule has 4 nitrogen and oxygen atoms in total. The van der Waals surface area contributed by atoms with Crippen LogP contribution < -0.4 is 10.5 Å². The lowest BCUT2D eigenvalue weighted by atomic mass is 10.0. The van der Waals surface area contributed by atoms with Gasteiger partial charge in [0, 0.05) is 5.02 Å². The Morgan fingerprint density at radius 2 is 1.78 bits per heavy atom. The molecule has 0 aliphatic rings. The number of ether oxygens (including phenoxy) is 2. The molecule has 3 atom stereocenters. The number of nitrogens with two attached hydrogens (primary N) is 1. The van der Waals surface area contributed by atoms with Crippen LogP contribution in [0.15, 0.2) is 54.6 Å². The second-order valence-corrected chi connectivity index (χ2v) is 5.77. The van der Waals surface area contributed by atoms with Gasteiger partial charge in [0.15, 0.2) is 6.10 Å².